The highest BCUT2D eigenvalue weighted by Crippen LogP contribution is 2.21. The van der Waals surface area contributed by atoms with Crippen molar-refractivity contribution in [3.63, 3.8) is 0 Å². The third-order valence-electron chi connectivity index (χ3n) is 2.59. The van der Waals surface area contributed by atoms with Crippen LogP contribution >= 0.6 is 0 Å². The maximum atomic E-state index is 13.6. The Bertz CT molecular complexity index is 421. The summed E-state index contributed by atoms with van der Waals surface area (Å²) in [5.41, 5.74) is 5.80. The molecule has 1 amide bonds. The van der Waals surface area contributed by atoms with Gasteiger partial charge in [-0.05, 0) is 19.4 Å². The van der Waals surface area contributed by atoms with E-state index in [1.165, 1.54) is 12.1 Å². The van der Waals surface area contributed by atoms with Crippen LogP contribution in [0.25, 0.3) is 0 Å². The van der Waals surface area contributed by atoms with Crippen molar-refractivity contribution < 1.29 is 13.6 Å². The lowest BCUT2D eigenvalue weighted by molar-refractivity contribution is -0.122. The van der Waals surface area contributed by atoms with Crippen LogP contribution in [0.3, 0.4) is 0 Å². The smallest absolute Gasteiger partial charge is 0.222 e. The van der Waals surface area contributed by atoms with Gasteiger partial charge in [-0.1, -0.05) is 13.0 Å². The van der Waals surface area contributed by atoms with Crippen molar-refractivity contribution in [3.8, 4) is 0 Å². The molecule has 0 aliphatic heterocycles. The van der Waals surface area contributed by atoms with Crippen molar-refractivity contribution in [3.05, 3.63) is 35.4 Å². The zero-order chi connectivity index (χ0) is 13.7. The van der Waals surface area contributed by atoms with Crippen LogP contribution < -0.4 is 11.1 Å². The zero-order valence-electron chi connectivity index (χ0n) is 10.5. The maximum Gasteiger partial charge on any atom is 0.222 e. The van der Waals surface area contributed by atoms with Crippen LogP contribution in [-0.2, 0) is 4.79 Å². The molecule has 2 unspecified atom stereocenters. The van der Waals surface area contributed by atoms with E-state index in [1.807, 2.05) is 6.92 Å². The molecule has 3 nitrogen and oxygen atoms in total. The number of nitrogens with two attached hydrogens (primary N) is 1. The SMILES string of the molecule is CCC(NC(=O)CC(C)N)c1ccc(F)cc1F. The largest absolute Gasteiger partial charge is 0.349 e. The number of amides is 1. The number of rotatable bonds is 5. The van der Waals surface area contributed by atoms with Crippen molar-refractivity contribution in [1.29, 1.82) is 0 Å². The van der Waals surface area contributed by atoms with E-state index in [4.69, 9.17) is 5.73 Å². The lowest BCUT2D eigenvalue weighted by Crippen LogP contribution is -2.33. The molecule has 0 aliphatic rings. The molecule has 1 rings (SSSR count). The lowest BCUT2D eigenvalue weighted by Gasteiger charge is -2.18. The first-order chi connectivity index (χ1) is 8.43. The van der Waals surface area contributed by atoms with Crippen molar-refractivity contribution in [2.24, 2.45) is 5.73 Å². The molecular weight excluding hydrogens is 238 g/mol. The Balaban J connectivity index is 2.80. The third kappa shape index (κ3) is 4.07. The average Bonchev–Trinajstić information content (AvgIpc) is 2.25. The molecule has 1 aromatic carbocycles. The molecule has 0 spiro atoms. The molecule has 0 bridgehead atoms. The van der Waals surface area contributed by atoms with Crippen LogP contribution in [0.2, 0.25) is 0 Å². The fraction of sp³-hybridized carbons (Fsp3) is 0.462. The van der Waals surface area contributed by atoms with Crippen molar-refractivity contribution >= 4 is 5.91 Å². The minimum atomic E-state index is -0.650. The highest BCUT2D eigenvalue weighted by molar-refractivity contribution is 5.77. The number of hydrogen-bond acceptors (Lipinski definition) is 2. The standard InChI is InChI=1S/C13H18F2N2O/c1-3-12(17-13(18)6-8(2)16)10-5-4-9(14)7-11(10)15/h4-5,7-8,12H,3,6,16H2,1-2H3,(H,17,18). The van der Waals surface area contributed by atoms with E-state index in [1.54, 1.807) is 6.92 Å². The van der Waals surface area contributed by atoms with Gasteiger partial charge in [-0.2, -0.15) is 0 Å². The molecule has 0 saturated heterocycles. The number of hydrogen-bond donors (Lipinski definition) is 2. The molecule has 0 aromatic heterocycles. The van der Waals surface area contributed by atoms with Gasteiger partial charge in [0, 0.05) is 24.1 Å². The normalized spacial score (nSPS) is 14.1. The molecule has 2 atom stereocenters. The summed E-state index contributed by atoms with van der Waals surface area (Å²) in [6, 6.07) is 2.64. The predicted octanol–water partition coefficient (Wildman–Crippen LogP) is 2.27. The lowest BCUT2D eigenvalue weighted by atomic mass is 10.0. The molecule has 0 saturated carbocycles. The highest BCUT2D eigenvalue weighted by atomic mass is 19.1. The summed E-state index contributed by atoms with van der Waals surface area (Å²) in [6.45, 7) is 3.54. The van der Waals surface area contributed by atoms with Gasteiger partial charge in [-0.15, -0.1) is 0 Å². The van der Waals surface area contributed by atoms with Gasteiger partial charge in [0.25, 0.3) is 0 Å². The van der Waals surface area contributed by atoms with Crippen molar-refractivity contribution in [2.45, 2.75) is 38.8 Å². The van der Waals surface area contributed by atoms with Crippen LogP contribution in [-0.4, -0.2) is 11.9 Å². The minimum absolute atomic E-state index is 0.180. The maximum absolute atomic E-state index is 13.6. The fourth-order valence-corrected chi connectivity index (χ4v) is 1.73. The molecule has 3 N–H and O–H groups in total. The Labute approximate surface area is 105 Å². The third-order valence-corrected chi connectivity index (χ3v) is 2.59. The van der Waals surface area contributed by atoms with Gasteiger partial charge in [0.15, 0.2) is 0 Å². The topological polar surface area (TPSA) is 55.1 Å². The number of benzene rings is 1. The highest BCUT2D eigenvalue weighted by Gasteiger charge is 2.17. The monoisotopic (exact) mass is 256 g/mol. The van der Waals surface area contributed by atoms with E-state index in [2.05, 4.69) is 5.32 Å². The van der Waals surface area contributed by atoms with E-state index in [9.17, 15) is 13.6 Å². The zero-order valence-corrected chi connectivity index (χ0v) is 10.5. The first-order valence-electron chi connectivity index (χ1n) is 5.94. The summed E-state index contributed by atoms with van der Waals surface area (Å²) in [6.07, 6.45) is 0.701. The fourth-order valence-electron chi connectivity index (χ4n) is 1.73. The second-order valence-corrected chi connectivity index (χ2v) is 4.38. The Morgan fingerprint density at radius 2 is 2.11 bits per heavy atom. The van der Waals surface area contributed by atoms with E-state index in [-0.39, 0.29) is 23.9 Å². The molecular formula is C13H18F2N2O. The van der Waals surface area contributed by atoms with Gasteiger partial charge < -0.3 is 11.1 Å². The number of nitrogens with one attached hydrogen (secondary N) is 1. The number of halogens is 2. The van der Waals surface area contributed by atoms with Gasteiger partial charge in [0.1, 0.15) is 11.6 Å². The van der Waals surface area contributed by atoms with E-state index >= 15 is 0 Å². The van der Waals surface area contributed by atoms with Crippen LogP contribution in [0.5, 0.6) is 0 Å². The van der Waals surface area contributed by atoms with E-state index < -0.39 is 17.7 Å². The van der Waals surface area contributed by atoms with Crippen molar-refractivity contribution in [1.82, 2.24) is 5.32 Å². The summed E-state index contributed by atoms with van der Waals surface area (Å²) in [5, 5.41) is 2.69. The predicted molar refractivity (Wildman–Crippen MR) is 65.8 cm³/mol. The summed E-state index contributed by atoms with van der Waals surface area (Å²) in [5.74, 6) is -1.52. The van der Waals surface area contributed by atoms with Gasteiger partial charge >= 0.3 is 0 Å². The Morgan fingerprint density at radius 1 is 1.44 bits per heavy atom. The second kappa shape index (κ2) is 6.44. The van der Waals surface area contributed by atoms with Gasteiger partial charge in [0.2, 0.25) is 5.91 Å². The van der Waals surface area contributed by atoms with Crippen molar-refractivity contribution in [2.75, 3.05) is 0 Å². The van der Waals surface area contributed by atoms with E-state index in [0.29, 0.717) is 6.42 Å². The summed E-state index contributed by atoms with van der Waals surface area (Å²) < 4.78 is 26.4. The summed E-state index contributed by atoms with van der Waals surface area (Å²) in [7, 11) is 0. The minimum Gasteiger partial charge on any atom is -0.349 e. The van der Waals surface area contributed by atoms with Crippen LogP contribution in [0, 0.1) is 11.6 Å². The molecule has 0 aliphatic carbocycles. The van der Waals surface area contributed by atoms with Crippen LogP contribution in [0.15, 0.2) is 18.2 Å². The molecule has 100 valence electrons. The Hall–Kier alpha value is -1.49. The van der Waals surface area contributed by atoms with Crippen LogP contribution in [0.1, 0.15) is 38.3 Å². The Morgan fingerprint density at radius 3 is 2.61 bits per heavy atom. The van der Waals surface area contributed by atoms with Gasteiger partial charge in [-0.25, -0.2) is 8.78 Å². The molecule has 0 heterocycles. The van der Waals surface area contributed by atoms with Gasteiger partial charge in [0.05, 0.1) is 6.04 Å². The quantitative estimate of drug-likeness (QED) is 0.849. The molecule has 5 heteroatoms. The first kappa shape index (κ1) is 14.6. The first-order valence-corrected chi connectivity index (χ1v) is 5.94. The van der Waals surface area contributed by atoms with Crippen LogP contribution in [0.4, 0.5) is 8.78 Å². The summed E-state index contributed by atoms with van der Waals surface area (Å²) in [4.78, 5) is 11.6. The second-order valence-electron chi connectivity index (χ2n) is 4.38. The molecule has 0 fully saturated rings. The molecule has 1 aromatic rings. The number of carbonyl (C=O) groups excluding carboxylic acids is 1. The summed E-state index contributed by atoms with van der Waals surface area (Å²) >= 11 is 0. The van der Waals surface area contributed by atoms with E-state index in [0.717, 1.165) is 6.07 Å². The average molecular weight is 256 g/mol. The molecule has 0 radical (unpaired) electrons. The van der Waals surface area contributed by atoms with Gasteiger partial charge in [-0.3, -0.25) is 4.79 Å². The molecule has 18 heavy (non-hydrogen) atoms. The Kier molecular flexibility index (Phi) is 5.22. The number of carbonyl (C=O) groups is 1.